The van der Waals surface area contributed by atoms with Gasteiger partial charge in [-0.25, -0.2) is 0 Å². The number of carbonyl (C=O) groups is 1. The van der Waals surface area contributed by atoms with Crippen molar-refractivity contribution in [2.24, 2.45) is 5.92 Å². The molecule has 0 N–H and O–H groups in total. The first-order valence-electron chi connectivity index (χ1n) is 5.87. The van der Waals surface area contributed by atoms with Crippen LogP contribution in [-0.2, 0) is 6.54 Å². The summed E-state index contributed by atoms with van der Waals surface area (Å²) in [5.74, 6) is 1.46. The highest BCUT2D eigenvalue weighted by atomic mass is 16.5. The van der Waals surface area contributed by atoms with Crippen molar-refractivity contribution in [3.63, 3.8) is 0 Å². The van der Waals surface area contributed by atoms with Crippen molar-refractivity contribution in [3.8, 4) is 5.75 Å². The number of ether oxygens (including phenoxy) is 1. The van der Waals surface area contributed by atoms with Gasteiger partial charge in [0, 0.05) is 24.2 Å². The van der Waals surface area contributed by atoms with Crippen LogP contribution in [0.2, 0.25) is 0 Å². The van der Waals surface area contributed by atoms with Crippen molar-refractivity contribution >= 4 is 6.29 Å². The van der Waals surface area contributed by atoms with Gasteiger partial charge < -0.3 is 9.64 Å². The van der Waals surface area contributed by atoms with Gasteiger partial charge in [0.15, 0.2) is 0 Å². The average Bonchev–Trinajstić information content (AvgIpc) is 2.27. The molecule has 94 valence electrons. The molecule has 0 aromatic heterocycles. The zero-order chi connectivity index (χ0) is 12.8. The first-order chi connectivity index (χ1) is 8.06. The molecule has 0 atom stereocenters. The summed E-state index contributed by atoms with van der Waals surface area (Å²) < 4.78 is 5.31. The Morgan fingerprint density at radius 2 is 2.12 bits per heavy atom. The van der Waals surface area contributed by atoms with Crippen molar-refractivity contribution in [3.05, 3.63) is 29.3 Å². The summed E-state index contributed by atoms with van der Waals surface area (Å²) in [6.07, 6.45) is 0.866. The van der Waals surface area contributed by atoms with Crippen molar-refractivity contribution in [1.82, 2.24) is 4.90 Å². The van der Waals surface area contributed by atoms with E-state index in [1.165, 1.54) is 0 Å². The molecule has 0 unspecified atom stereocenters. The third-order valence-corrected chi connectivity index (χ3v) is 2.56. The van der Waals surface area contributed by atoms with Gasteiger partial charge in [0.05, 0.1) is 7.11 Å². The number of aldehydes is 1. The Morgan fingerprint density at radius 1 is 1.41 bits per heavy atom. The molecule has 0 aliphatic heterocycles. The van der Waals surface area contributed by atoms with Crippen LogP contribution in [0.4, 0.5) is 0 Å². The molecule has 0 saturated heterocycles. The van der Waals surface area contributed by atoms with Crippen LogP contribution >= 0.6 is 0 Å². The maximum Gasteiger partial charge on any atom is 0.150 e. The topological polar surface area (TPSA) is 29.5 Å². The van der Waals surface area contributed by atoms with E-state index < -0.39 is 0 Å². The Labute approximate surface area is 103 Å². The number of methoxy groups -OCH3 is 1. The fourth-order valence-corrected chi connectivity index (χ4v) is 1.97. The lowest BCUT2D eigenvalue weighted by molar-refractivity contribution is 0.112. The molecule has 0 bridgehead atoms. The van der Waals surface area contributed by atoms with Crippen LogP contribution in [0.5, 0.6) is 5.75 Å². The highest BCUT2D eigenvalue weighted by Crippen LogP contribution is 2.21. The maximum atomic E-state index is 10.8. The third-order valence-electron chi connectivity index (χ3n) is 2.56. The monoisotopic (exact) mass is 235 g/mol. The molecule has 1 aromatic carbocycles. The second kappa shape index (κ2) is 6.40. The minimum Gasteiger partial charge on any atom is -0.496 e. The second-order valence-corrected chi connectivity index (χ2v) is 4.78. The van der Waals surface area contributed by atoms with Gasteiger partial charge in [-0.05, 0) is 31.2 Å². The van der Waals surface area contributed by atoms with Gasteiger partial charge in [0.2, 0.25) is 0 Å². The zero-order valence-corrected chi connectivity index (χ0v) is 11.1. The first kappa shape index (κ1) is 13.7. The van der Waals surface area contributed by atoms with E-state index in [1.807, 2.05) is 12.1 Å². The lowest BCUT2D eigenvalue weighted by Crippen LogP contribution is -2.23. The Morgan fingerprint density at radius 3 is 2.65 bits per heavy atom. The molecule has 0 amide bonds. The van der Waals surface area contributed by atoms with E-state index in [-0.39, 0.29) is 0 Å². The molecule has 1 aromatic rings. The molecule has 0 heterocycles. The van der Waals surface area contributed by atoms with Gasteiger partial charge in [-0.2, -0.15) is 0 Å². The standard InChI is InChI=1S/C14H21NO2/c1-11(2)8-15(3)9-13-7-12(10-16)5-6-14(13)17-4/h5-7,10-11H,8-9H2,1-4H3. The SMILES string of the molecule is COc1ccc(C=O)cc1CN(C)CC(C)C. The normalized spacial score (nSPS) is 10.9. The van der Waals surface area contributed by atoms with Crippen molar-refractivity contribution in [1.29, 1.82) is 0 Å². The van der Waals surface area contributed by atoms with E-state index in [1.54, 1.807) is 13.2 Å². The van der Waals surface area contributed by atoms with E-state index in [4.69, 9.17) is 4.74 Å². The van der Waals surface area contributed by atoms with E-state index in [2.05, 4.69) is 25.8 Å². The number of benzene rings is 1. The van der Waals surface area contributed by atoms with Gasteiger partial charge in [0.25, 0.3) is 0 Å². The van der Waals surface area contributed by atoms with Crippen LogP contribution in [0, 0.1) is 5.92 Å². The second-order valence-electron chi connectivity index (χ2n) is 4.78. The summed E-state index contributed by atoms with van der Waals surface area (Å²) in [4.78, 5) is 13.0. The molecule has 0 aliphatic rings. The zero-order valence-electron chi connectivity index (χ0n) is 11.1. The summed E-state index contributed by atoms with van der Waals surface area (Å²) in [5, 5.41) is 0. The summed E-state index contributed by atoms with van der Waals surface area (Å²) >= 11 is 0. The molecule has 3 heteroatoms. The molecule has 0 aliphatic carbocycles. The molecular formula is C14H21NO2. The smallest absolute Gasteiger partial charge is 0.150 e. The molecule has 0 fully saturated rings. The van der Waals surface area contributed by atoms with E-state index in [0.29, 0.717) is 11.5 Å². The number of hydrogen-bond donors (Lipinski definition) is 0. The van der Waals surface area contributed by atoms with Crippen LogP contribution in [0.3, 0.4) is 0 Å². The summed E-state index contributed by atoms with van der Waals surface area (Å²) in [6, 6.07) is 5.52. The fraction of sp³-hybridized carbons (Fsp3) is 0.500. The van der Waals surface area contributed by atoms with Crippen LogP contribution in [0.1, 0.15) is 29.8 Å². The maximum absolute atomic E-state index is 10.8. The van der Waals surface area contributed by atoms with Gasteiger partial charge in [-0.15, -0.1) is 0 Å². The Bertz CT molecular complexity index is 374. The summed E-state index contributed by atoms with van der Waals surface area (Å²) in [5.41, 5.74) is 1.75. The molecular weight excluding hydrogens is 214 g/mol. The van der Waals surface area contributed by atoms with Gasteiger partial charge in [-0.3, -0.25) is 4.79 Å². The minimum atomic E-state index is 0.625. The number of nitrogens with zero attached hydrogens (tertiary/aromatic N) is 1. The van der Waals surface area contributed by atoms with Gasteiger partial charge in [-0.1, -0.05) is 13.8 Å². The molecule has 1 rings (SSSR count). The predicted molar refractivity (Wildman–Crippen MR) is 69.6 cm³/mol. The molecule has 0 saturated carbocycles. The van der Waals surface area contributed by atoms with Crippen LogP contribution < -0.4 is 4.74 Å². The highest BCUT2D eigenvalue weighted by molar-refractivity contribution is 5.75. The number of hydrogen-bond acceptors (Lipinski definition) is 3. The molecule has 0 spiro atoms. The average molecular weight is 235 g/mol. The van der Waals surface area contributed by atoms with Gasteiger partial charge in [0.1, 0.15) is 12.0 Å². The van der Waals surface area contributed by atoms with Crippen molar-refractivity contribution in [2.45, 2.75) is 20.4 Å². The Hall–Kier alpha value is -1.35. The van der Waals surface area contributed by atoms with Gasteiger partial charge >= 0.3 is 0 Å². The first-order valence-corrected chi connectivity index (χ1v) is 5.87. The Balaban J connectivity index is 2.83. The highest BCUT2D eigenvalue weighted by Gasteiger charge is 2.08. The van der Waals surface area contributed by atoms with Crippen LogP contribution in [0.15, 0.2) is 18.2 Å². The quantitative estimate of drug-likeness (QED) is 0.710. The predicted octanol–water partition coefficient (Wildman–Crippen LogP) is 2.60. The molecule has 0 radical (unpaired) electrons. The lowest BCUT2D eigenvalue weighted by atomic mass is 10.1. The van der Waals surface area contributed by atoms with Crippen molar-refractivity contribution in [2.75, 3.05) is 20.7 Å². The largest absolute Gasteiger partial charge is 0.496 e. The lowest BCUT2D eigenvalue weighted by Gasteiger charge is -2.20. The van der Waals surface area contributed by atoms with Crippen LogP contribution in [0.25, 0.3) is 0 Å². The van der Waals surface area contributed by atoms with E-state index >= 15 is 0 Å². The molecule has 17 heavy (non-hydrogen) atoms. The Kier molecular flexibility index (Phi) is 5.16. The molecule has 3 nitrogen and oxygen atoms in total. The fourth-order valence-electron chi connectivity index (χ4n) is 1.97. The van der Waals surface area contributed by atoms with Crippen LogP contribution in [-0.4, -0.2) is 31.9 Å². The van der Waals surface area contributed by atoms with E-state index in [0.717, 1.165) is 30.7 Å². The van der Waals surface area contributed by atoms with E-state index in [9.17, 15) is 4.79 Å². The summed E-state index contributed by atoms with van der Waals surface area (Å²) in [7, 11) is 3.73. The third kappa shape index (κ3) is 4.19. The number of carbonyl (C=O) groups excluding carboxylic acids is 1. The number of rotatable bonds is 6. The summed E-state index contributed by atoms with van der Waals surface area (Å²) in [6.45, 7) is 6.20. The minimum absolute atomic E-state index is 0.625. The van der Waals surface area contributed by atoms with Crippen molar-refractivity contribution < 1.29 is 9.53 Å².